The summed E-state index contributed by atoms with van der Waals surface area (Å²) in [6.07, 6.45) is 3.81. The molecule has 0 aliphatic heterocycles. The molecule has 104 valence electrons. The lowest BCUT2D eigenvalue weighted by molar-refractivity contribution is 0.303. The summed E-state index contributed by atoms with van der Waals surface area (Å²) in [6, 6.07) is 17.0. The maximum Gasteiger partial charge on any atom is 0.119 e. The third-order valence-electron chi connectivity index (χ3n) is 3.79. The van der Waals surface area contributed by atoms with Crippen LogP contribution < -0.4 is 10.5 Å². The predicted molar refractivity (Wildman–Crippen MR) is 82.7 cm³/mol. The van der Waals surface area contributed by atoms with Crippen LogP contribution in [0.3, 0.4) is 0 Å². The van der Waals surface area contributed by atoms with E-state index in [1.165, 1.54) is 29.5 Å². The Hall–Kier alpha value is -1.80. The lowest BCUT2D eigenvalue weighted by Crippen LogP contribution is -2.08. The zero-order valence-corrected chi connectivity index (χ0v) is 11.9. The van der Waals surface area contributed by atoms with Crippen LogP contribution >= 0.6 is 0 Å². The van der Waals surface area contributed by atoms with Gasteiger partial charge in [0.15, 0.2) is 0 Å². The van der Waals surface area contributed by atoms with Gasteiger partial charge in [0.1, 0.15) is 5.75 Å². The van der Waals surface area contributed by atoms with Crippen molar-refractivity contribution in [1.82, 2.24) is 0 Å². The van der Waals surface area contributed by atoms with Gasteiger partial charge in [-0.3, -0.25) is 0 Å². The van der Waals surface area contributed by atoms with Crippen LogP contribution in [0.15, 0.2) is 48.5 Å². The number of hydrogen-bond acceptors (Lipinski definition) is 2. The highest BCUT2D eigenvalue weighted by Gasteiger charge is 2.23. The van der Waals surface area contributed by atoms with Gasteiger partial charge in [0.25, 0.3) is 0 Å². The van der Waals surface area contributed by atoms with Crippen LogP contribution in [0, 0.1) is 0 Å². The monoisotopic (exact) mass is 267 g/mol. The van der Waals surface area contributed by atoms with E-state index in [2.05, 4.69) is 55.5 Å². The summed E-state index contributed by atoms with van der Waals surface area (Å²) in [4.78, 5) is 0. The first-order chi connectivity index (χ1) is 9.76. The van der Waals surface area contributed by atoms with Crippen LogP contribution in [0.5, 0.6) is 5.75 Å². The summed E-state index contributed by atoms with van der Waals surface area (Å²) in [7, 11) is 0. The first-order valence-corrected chi connectivity index (χ1v) is 7.39. The molecule has 1 aliphatic carbocycles. The quantitative estimate of drug-likeness (QED) is 0.876. The molecular formula is C18H21NO. The minimum atomic E-state index is 0.137. The Labute approximate surface area is 120 Å². The molecule has 1 fully saturated rings. The van der Waals surface area contributed by atoms with Crippen molar-refractivity contribution < 1.29 is 4.74 Å². The van der Waals surface area contributed by atoms with Gasteiger partial charge in [0.05, 0.1) is 6.10 Å². The van der Waals surface area contributed by atoms with Gasteiger partial charge in [-0.05, 0) is 48.1 Å². The van der Waals surface area contributed by atoms with Crippen LogP contribution in [0.4, 0.5) is 0 Å². The highest BCUT2D eigenvalue weighted by Crippen LogP contribution is 2.29. The van der Waals surface area contributed by atoms with Crippen LogP contribution in [0.2, 0.25) is 0 Å². The molecule has 1 unspecified atom stereocenters. The molecule has 0 amide bonds. The van der Waals surface area contributed by atoms with Gasteiger partial charge in [-0.2, -0.15) is 0 Å². The molecule has 2 nitrogen and oxygen atoms in total. The van der Waals surface area contributed by atoms with E-state index in [-0.39, 0.29) is 6.04 Å². The third-order valence-corrected chi connectivity index (χ3v) is 3.79. The lowest BCUT2D eigenvalue weighted by atomic mass is 10.00. The molecule has 0 aromatic heterocycles. The normalized spacial score (nSPS) is 15.9. The minimum absolute atomic E-state index is 0.137. The first-order valence-electron chi connectivity index (χ1n) is 7.39. The summed E-state index contributed by atoms with van der Waals surface area (Å²) < 4.78 is 5.76. The van der Waals surface area contributed by atoms with Crippen molar-refractivity contribution in [3.8, 4) is 16.9 Å². The maximum atomic E-state index is 6.04. The van der Waals surface area contributed by atoms with E-state index in [1.807, 2.05) is 0 Å². The van der Waals surface area contributed by atoms with Crippen LogP contribution in [-0.4, -0.2) is 6.10 Å². The molecule has 2 aromatic carbocycles. The molecule has 0 bridgehead atoms. The number of nitrogens with two attached hydrogens (primary N) is 1. The van der Waals surface area contributed by atoms with E-state index < -0.39 is 0 Å². The van der Waals surface area contributed by atoms with Gasteiger partial charge in [0, 0.05) is 6.04 Å². The molecule has 0 heterocycles. The number of rotatable bonds is 5. The van der Waals surface area contributed by atoms with Crippen LogP contribution in [0.25, 0.3) is 11.1 Å². The van der Waals surface area contributed by atoms with Crippen LogP contribution in [0.1, 0.15) is 37.8 Å². The molecule has 3 rings (SSSR count). The van der Waals surface area contributed by atoms with Crippen molar-refractivity contribution in [3.05, 3.63) is 54.1 Å². The van der Waals surface area contributed by atoms with E-state index in [0.717, 1.165) is 12.2 Å². The second-order valence-electron chi connectivity index (χ2n) is 5.48. The van der Waals surface area contributed by atoms with Gasteiger partial charge in [-0.25, -0.2) is 0 Å². The van der Waals surface area contributed by atoms with E-state index in [0.29, 0.717) is 6.10 Å². The van der Waals surface area contributed by atoms with Gasteiger partial charge in [0.2, 0.25) is 0 Å². The fourth-order valence-corrected chi connectivity index (χ4v) is 2.26. The molecular weight excluding hydrogens is 246 g/mol. The van der Waals surface area contributed by atoms with Crippen molar-refractivity contribution in [1.29, 1.82) is 0 Å². The average Bonchev–Trinajstić information content (AvgIpc) is 3.31. The van der Waals surface area contributed by atoms with Gasteiger partial charge < -0.3 is 10.5 Å². The topological polar surface area (TPSA) is 35.2 Å². The Morgan fingerprint density at radius 2 is 1.55 bits per heavy atom. The third kappa shape index (κ3) is 3.02. The minimum Gasteiger partial charge on any atom is -0.490 e. The van der Waals surface area contributed by atoms with Crippen molar-refractivity contribution in [2.75, 3.05) is 0 Å². The molecule has 2 aromatic rings. The Morgan fingerprint density at radius 1 is 1.00 bits per heavy atom. The molecule has 20 heavy (non-hydrogen) atoms. The molecule has 0 saturated heterocycles. The zero-order valence-electron chi connectivity index (χ0n) is 11.9. The van der Waals surface area contributed by atoms with E-state index in [4.69, 9.17) is 10.5 Å². The molecule has 2 N–H and O–H groups in total. The first kappa shape index (κ1) is 13.2. The Balaban J connectivity index is 1.74. The lowest BCUT2D eigenvalue weighted by Gasteiger charge is -2.10. The second-order valence-corrected chi connectivity index (χ2v) is 5.48. The molecule has 1 saturated carbocycles. The second kappa shape index (κ2) is 5.68. The van der Waals surface area contributed by atoms with Crippen molar-refractivity contribution >= 4 is 0 Å². The standard InChI is InChI=1S/C18H21NO/c1-2-18(19)15-5-3-13(4-6-15)14-7-9-16(10-8-14)20-17-11-12-17/h3-10,17-18H,2,11-12,19H2,1H3. The summed E-state index contributed by atoms with van der Waals surface area (Å²) in [6.45, 7) is 2.11. The van der Waals surface area contributed by atoms with E-state index >= 15 is 0 Å². The fourth-order valence-electron chi connectivity index (χ4n) is 2.26. The average molecular weight is 267 g/mol. The molecule has 0 radical (unpaired) electrons. The fraction of sp³-hybridized carbons (Fsp3) is 0.333. The molecule has 1 aliphatic rings. The van der Waals surface area contributed by atoms with E-state index in [9.17, 15) is 0 Å². The highest BCUT2D eigenvalue weighted by atomic mass is 16.5. The van der Waals surface area contributed by atoms with Crippen molar-refractivity contribution in [2.45, 2.75) is 38.3 Å². The number of benzene rings is 2. The number of hydrogen-bond donors (Lipinski definition) is 1. The molecule has 2 heteroatoms. The maximum absolute atomic E-state index is 6.04. The largest absolute Gasteiger partial charge is 0.490 e. The Kier molecular flexibility index (Phi) is 3.75. The summed E-state index contributed by atoms with van der Waals surface area (Å²) in [5, 5.41) is 0. The summed E-state index contributed by atoms with van der Waals surface area (Å²) in [5.74, 6) is 0.973. The smallest absolute Gasteiger partial charge is 0.119 e. The molecule has 0 spiro atoms. The molecule has 1 atom stereocenters. The van der Waals surface area contributed by atoms with Gasteiger partial charge in [-0.1, -0.05) is 43.3 Å². The Morgan fingerprint density at radius 3 is 2.05 bits per heavy atom. The zero-order chi connectivity index (χ0) is 13.9. The van der Waals surface area contributed by atoms with Gasteiger partial charge in [-0.15, -0.1) is 0 Å². The summed E-state index contributed by atoms with van der Waals surface area (Å²) in [5.41, 5.74) is 9.67. The number of ether oxygens (including phenoxy) is 1. The SMILES string of the molecule is CCC(N)c1ccc(-c2ccc(OC3CC3)cc2)cc1. The van der Waals surface area contributed by atoms with Gasteiger partial charge >= 0.3 is 0 Å². The van der Waals surface area contributed by atoms with Crippen molar-refractivity contribution in [2.24, 2.45) is 5.73 Å². The predicted octanol–water partition coefficient (Wildman–Crippen LogP) is 4.30. The van der Waals surface area contributed by atoms with Crippen molar-refractivity contribution in [3.63, 3.8) is 0 Å². The van der Waals surface area contributed by atoms with Crippen LogP contribution in [-0.2, 0) is 0 Å². The summed E-state index contributed by atoms with van der Waals surface area (Å²) >= 11 is 0. The van der Waals surface area contributed by atoms with E-state index in [1.54, 1.807) is 0 Å². The Bertz CT molecular complexity index is 555. The highest BCUT2D eigenvalue weighted by molar-refractivity contribution is 5.64.